The average molecular weight is 289 g/mol. The molecule has 0 aliphatic heterocycles. The van der Waals surface area contributed by atoms with Gasteiger partial charge in [-0.1, -0.05) is 13.3 Å². The van der Waals surface area contributed by atoms with Gasteiger partial charge in [0.15, 0.2) is 0 Å². The molecule has 0 bridgehead atoms. The van der Waals surface area contributed by atoms with E-state index in [1.807, 2.05) is 19.1 Å². The summed E-state index contributed by atoms with van der Waals surface area (Å²) in [7, 11) is 1.72. The summed E-state index contributed by atoms with van der Waals surface area (Å²) in [5.74, 6) is 0.470. The van der Waals surface area contributed by atoms with Crippen molar-refractivity contribution in [2.75, 3.05) is 11.9 Å². The highest BCUT2D eigenvalue weighted by Crippen LogP contribution is 2.28. The van der Waals surface area contributed by atoms with Gasteiger partial charge in [0.2, 0.25) is 5.82 Å². The van der Waals surface area contributed by atoms with Crippen molar-refractivity contribution in [3.63, 3.8) is 0 Å². The van der Waals surface area contributed by atoms with E-state index in [-0.39, 0.29) is 10.6 Å². The van der Waals surface area contributed by atoms with Gasteiger partial charge in [0.05, 0.1) is 4.92 Å². The summed E-state index contributed by atoms with van der Waals surface area (Å²) >= 11 is 0. The number of nitrogens with one attached hydrogen (secondary N) is 1. The molecule has 2 heterocycles. The Labute approximate surface area is 123 Å². The van der Waals surface area contributed by atoms with Gasteiger partial charge in [-0.05, 0) is 30.5 Å². The van der Waals surface area contributed by atoms with Crippen LogP contribution in [0, 0.1) is 10.1 Å². The van der Waals surface area contributed by atoms with E-state index in [2.05, 4.69) is 15.4 Å². The van der Waals surface area contributed by atoms with Crippen LogP contribution in [0.3, 0.4) is 0 Å². The molecular formula is C14H19N5O2. The van der Waals surface area contributed by atoms with Gasteiger partial charge >= 0.3 is 5.69 Å². The maximum atomic E-state index is 11.3. The van der Waals surface area contributed by atoms with E-state index in [0.29, 0.717) is 24.5 Å². The van der Waals surface area contributed by atoms with Crippen molar-refractivity contribution in [3.05, 3.63) is 45.9 Å². The minimum absolute atomic E-state index is 0.0917. The number of rotatable bonds is 7. The van der Waals surface area contributed by atoms with Gasteiger partial charge in [0.1, 0.15) is 5.69 Å². The van der Waals surface area contributed by atoms with Crippen LogP contribution in [0.1, 0.15) is 24.6 Å². The van der Waals surface area contributed by atoms with Gasteiger partial charge < -0.3 is 5.32 Å². The number of pyridine rings is 1. The third-order valence-corrected chi connectivity index (χ3v) is 3.22. The first-order chi connectivity index (χ1) is 10.1. The maximum absolute atomic E-state index is 11.3. The highest BCUT2D eigenvalue weighted by Gasteiger charge is 2.25. The number of aryl methyl sites for hydroxylation is 2. The van der Waals surface area contributed by atoms with Gasteiger partial charge in [-0.25, -0.2) is 4.68 Å². The van der Waals surface area contributed by atoms with Crippen LogP contribution in [-0.2, 0) is 19.9 Å². The largest absolute Gasteiger partial charge is 0.364 e. The van der Waals surface area contributed by atoms with E-state index in [1.165, 1.54) is 0 Å². The van der Waals surface area contributed by atoms with Gasteiger partial charge in [-0.15, -0.1) is 0 Å². The Bertz CT molecular complexity index is 609. The lowest BCUT2D eigenvalue weighted by Gasteiger charge is -2.06. The molecule has 0 aliphatic rings. The van der Waals surface area contributed by atoms with Crippen LogP contribution in [0.2, 0.25) is 0 Å². The van der Waals surface area contributed by atoms with Gasteiger partial charge in [0, 0.05) is 26.0 Å². The Morgan fingerprint density at radius 2 is 2.05 bits per heavy atom. The summed E-state index contributed by atoms with van der Waals surface area (Å²) in [6.07, 6.45) is 5.68. The number of nitro groups is 1. The molecule has 2 aromatic heterocycles. The van der Waals surface area contributed by atoms with E-state index in [0.717, 1.165) is 18.4 Å². The number of anilines is 1. The van der Waals surface area contributed by atoms with Crippen molar-refractivity contribution in [1.82, 2.24) is 14.8 Å². The van der Waals surface area contributed by atoms with E-state index < -0.39 is 0 Å². The van der Waals surface area contributed by atoms with Crippen molar-refractivity contribution in [1.29, 1.82) is 0 Å². The molecule has 7 nitrogen and oxygen atoms in total. The molecule has 2 aromatic rings. The highest BCUT2D eigenvalue weighted by atomic mass is 16.6. The molecule has 0 saturated heterocycles. The molecule has 0 atom stereocenters. The van der Waals surface area contributed by atoms with Crippen molar-refractivity contribution in [2.45, 2.75) is 26.2 Å². The van der Waals surface area contributed by atoms with Crippen molar-refractivity contribution in [2.24, 2.45) is 7.05 Å². The third kappa shape index (κ3) is 3.56. The molecule has 0 fully saturated rings. The first-order valence-corrected chi connectivity index (χ1v) is 6.96. The minimum atomic E-state index is -0.354. The molecule has 0 unspecified atom stereocenters. The Balaban J connectivity index is 2.10. The summed E-state index contributed by atoms with van der Waals surface area (Å²) in [6, 6.07) is 3.86. The van der Waals surface area contributed by atoms with Crippen molar-refractivity contribution >= 4 is 11.5 Å². The van der Waals surface area contributed by atoms with E-state index >= 15 is 0 Å². The van der Waals surface area contributed by atoms with Crippen LogP contribution < -0.4 is 5.32 Å². The highest BCUT2D eigenvalue weighted by molar-refractivity contribution is 5.59. The Morgan fingerprint density at radius 3 is 2.67 bits per heavy atom. The Morgan fingerprint density at radius 1 is 1.33 bits per heavy atom. The topological polar surface area (TPSA) is 85.9 Å². The second kappa shape index (κ2) is 6.83. The quantitative estimate of drug-likeness (QED) is 0.624. The molecule has 0 spiro atoms. The molecule has 0 amide bonds. The molecule has 112 valence electrons. The molecular weight excluding hydrogens is 270 g/mol. The van der Waals surface area contributed by atoms with Crippen LogP contribution in [0.15, 0.2) is 24.5 Å². The molecule has 0 radical (unpaired) electrons. The molecule has 2 rings (SSSR count). The zero-order valence-corrected chi connectivity index (χ0v) is 12.2. The predicted octanol–water partition coefficient (Wildman–Crippen LogP) is 2.33. The van der Waals surface area contributed by atoms with Crippen LogP contribution in [0.25, 0.3) is 0 Å². The van der Waals surface area contributed by atoms with Crippen LogP contribution in [-0.4, -0.2) is 26.2 Å². The lowest BCUT2D eigenvalue weighted by atomic mass is 10.2. The van der Waals surface area contributed by atoms with Crippen LogP contribution >= 0.6 is 0 Å². The molecule has 1 N–H and O–H groups in total. The minimum Gasteiger partial charge on any atom is -0.364 e. The van der Waals surface area contributed by atoms with Crippen LogP contribution in [0.5, 0.6) is 0 Å². The first-order valence-electron chi connectivity index (χ1n) is 6.96. The third-order valence-electron chi connectivity index (χ3n) is 3.22. The number of aromatic nitrogens is 3. The summed E-state index contributed by atoms with van der Waals surface area (Å²) < 4.78 is 1.55. The van der Waals surface area contributed by atoms with E-state index in [4.69, 9.17) is 0 Å². The fourth-order valence-electron chi connectivity index (χ4n) is 2.24. The fourth-order valence-corrected chi connectivity index (χ4v) is 2.24. The summed E-state index contributed by atoms with van der Waals surface area (Å²) in [5.41, 5.74) is 1.77. The lowest BCUT2D eigenvalue weighted by molar-refractivity contribution is -0.384. The summed E-state index contributed by atoms with van der Waals surface area (Å²) in [5, 5.41) is 18.6. The molecule has 0 aliphatic carbocycles. The zero-order chi connectivity index (χ0) is 15.2. The smallest absolute Gasteiger partial charge is 0.333 e. The average Bonchev–Trinajstić information content (AvgIpc) is 2.77. The monoisotopic (exact) mass is 289 g/mol. The second-order valence-electron chi connectivity index (χ2n) is 4.81. The lowest BCUT2D eigenvalue weighted by Crippen LogP contribution is -2.10. The van der Waals surface area contributed by atoms with Gasteiger partial charge in [-0.2, -0.15) is 5.10 Å². The second-order valence-corrected chi connectivity index (χ2v) is 4.81. The van der Waals surface area contributed by atoms with E-state index in [1.54, 1.807) is 24.1 Å². The van der Waals surface area contributed by atoms with Crippen molar-refractivity contribution < 1.29 is 4.92 Å². The standard InChI is InChI=1S/C14H19N5O2/c1-3-4-12-13(19(20)21)14(18(2)17-12)16-10-7-11-5-8-15-9-6-11/h5-6,8-9,16H,3-4,7,10H2,1-2H3. The number of hydrogen-bond acceptors (Lipinski definition) is 5. The normalized spacial score (nSPS) is 10.6. The Kier molecular flexibility index (Phi) is 4.86. The Hall–Kier alpha value is -2.44. The van der Waals surface area contributed by atoms with Gasteiger partial charge in [-0.3, -0.25) is 15.1 Å². The van der Waals surface area contributed by atoms with Gasteiger partial charge in [0.25, 0.3) is 0 Å². The zero-order valence-electron chi connectivity index (χ0n) is 12.2. The number of nitrogens with zero attached hydrogens (tertiary/aromatic N) is 4. The SMILES string of the molecule is CCCc1nn(C)c(NCCc2ccncc2)c1[N+](=O)[O-]. The summed E-state index contributed by atoms with van der Waals surface area (Å²) in [4.78, 5) is 14.9. The fraction of sp³-hybridized carbons (Fsp3) is 0.429. The predicted molar refractivity (Wildman–Crippen MR) is 80.3 cm³/mol. The van der Waals surface area contributed by atoms with E-state index in [9.17, 15) is 10.1 Å². The molecule has 0 saturated carbocycles. The number of hydrogen-bond donors (Lipinski definition) is 1. The molecule has 21 heavy (non-hydrogen) atoms. The van der Waals surface area contributed by atoms with Crippen molar-refractivity contribution in [3.8, 4) is 0 Å². The first kappa shape index (κ1) is 15.0. The summed E-state index contributed by atoms with van der Waals surface area (Å²) in [6.45, 7) is 2.59. The maximum Gasteiger partial charge on any atom is 0.333 e. The van der Waals surface area contributed by atoms with Crippen LogP contribution in [0.4, 0.5) is 11.5 Å². The molecule has 7 heteroatoms. The molecule has 0 aromatic carbocycles.